The molecule has 3 rings (SSSR count). The van der Waals surface area contributed by atoms with Crippen LogP contribution in [0, 0.1) is 0 Å². The van der Waals surface area contributed by atoms with Crippen LogP contribution in [0.3, 0.4) is 0 Å². The predicted molar refractivity (Wildman–Crippen MR) is 99.3 cm³/mol. The predicted octanol–water partition coefficient (Wildman–Crippen LogP) is 3.13. The molecule has 5 heteroatoms. The molecule has 0 aliphatic carbocycles. The normalized spacial score (nSPS) is 15.4. The summed E-state index contributed by atoms with van der Waals surface area (Å²) in [5, 5.41) is 6.34. The van der Waals surface area contributed by atoms with Gasteiger partial charge in [0.05, 0.1) is 12.1 Å². The molecular formula is C19H25N3OS. The Morgan fingerprint density at radius 1 is 1.29 bits per heavy atom. The van der Waals surface area contributed by atoms with E-state index in [0.29, 0.717) is 12.5 Å². The van der Waals surface area contributed by atoms with Crippen molar-refractivity contribution in [3.8, 4) is 10.6 Å². The van der Waals surface area contributed by atoms with Crippen LogP contribution in [-0.4, -0.2) is 42.0 Å². The molecule has 1 saturated heterocycles. The van der Waals surface area contributed by atoms with Crippen molar-refractivity contribution in [2.45, 2.75) is 38.6 Å². The van der Waals surface area contributed by atoms with Gasteiger partial charge in [-0.05, 0) is 37.9 Å². The Morgan fingerprint density at radius 2 is 2.00 bits per heavy atom. The highest BCUT2D eigenvalue weighted by molar-refractivity contribution is 7.13. The van der Waals surface area contributed by atoms with E-state index < -0.39 is 0 Å². The summed E-state index contributed by atoms with van der Waals surface area (Å²) in [6.07, 6.45) is 3.51. The quantitative estimate of drug-likeness (QED) is 0.907. The van der Waals surface area contributed by atoms with Crippen LogP contribution in [0.2, 0.25) is 0 Å². The van der Waals surface area contributed by atoms with Crippen molar-refractivity contribution in [2.24, 2.45) is 0 Å². The lowest BCUT2D eigenvalue weighted by Gasteiger charge is -2.31. The van der Waals surface area contributed by atoms with Gasteiger partial charge in [-0.3, -0.25) is 4.79 Å². The second-order valence-corrected chi connectivity index (χ2v) is 7.22. The number of piperidine rings is 1. The van der Waals surface area contributed by atoms with Gasteiger partial charge in [0.15, 0.2) is 0 Å². The van der Waals surface area contributed by atoms with E-state index in [0.717, 1.165) is 48.6 Å². The van der Waals surface area contributed by atoms with E-state index in [9.17, 15) is 4.79 Å². The van der Waals surface area contributed by atoms with Crippen molar-refractivity contribution in [1.82, 2.24) is 15.2 Å². The highest BCUT2D eigenvalue weighted by atomic mass is 32.1. The van der Waals surface area contributed by atoms with Crippen molar-refractivity contribution in [1.29, 1.82) is 0 Å². The third kappa shape index (κ3) is 4.02. The first-order chi connectivity index (χ1) is 11.7. The zero-order chi connectivity index (χ0) is 16.9. The first-order valence-electron chi connectivity index (χ1n) is 8.67. The van der Waals surface area contributed by atoms with E-state index >= 15 is 0 Å². The smallest absolute Gasteiger partial charge is 0.228 e. The molecule has 128 valence electrons. The largest absolute Gasteiger partial charge is 0.342 e. The monoisotopic (exact) mass is 343 g/mol. The molecule has 1 N–H and O–H groups in total. The highest BCUT2D eigenvalue weighted by Crippen LogP contribution is 2.24. The van der Waals surface area contributed by atoms with E-state index in [4.69, 9.17) is 0 Å². The van der Waals surface area contributed by atoms with Gasteiger partial charge < -0.3 is 10.2 Å². The second kappa shape index (κ2) is 7.90. The first-order valence-corrected chi connectivity index (χ1v) is 9.55. The minimum atomic E-state index is 0.167. The number of hydrogen-bond donors (Lipinski definition) is 1. The molecule has 1 amide bonds. The molecule has 1 aromatic heterocycles. The molecule has 0 radical (unpaired) electrons. The van der Waals surface area contributed by atoms with Crippen LogP contribution in [0.15, 0.2) is 29.6 Å². The van der Waals surface area contributed by atoms with E-state index in [1.54, 1.807) is 11.3 Å². The first kappa shape index (κ1) is 17.1. The highest BCUT2D eigenvalue weighted by Gasteiger charge is 2.22. The SMILES string of the molecule is CCc1ccc(-c2nc(CC(=O)N(C)C3CCNCC3)cs2)cc1. The number of likely N-dealkylation sites (N-methyl/N-ethyl adjacent to an activating group) is 1. The molecule has 24 heavy (non-hydrogen) atoms. The van der Waals surface area contributed by atoms with Gasteiger partial charge in [0.1, 0.15) is 5.01 Å². The molecule has 1 aliphatic rings. The summed E-state index contributed by atoms with van der Waals surface area (Å²) >= 11 is 1.61. The molecule has 2 aromatic rings. The van der Waals surface area contributed by atoms with Gasteiger partial charge >= 0.3 is 0 Å². The Labute approximate surface area is 147 Å². The maximum absolute atomic E-state index is 12.5. The van der Waals surface area contributed by atoms with Crippen LogP contribution in [0.4, 0.5) is 0 Å². The van der Waals surface area contributed by atoms with Gasteiger partial charge in [0, 0.05) is 24.0 Å². The number of hydrogen-bond acceptors (Lipinski definition) is 4. The molecular weight excluding hydrogens is 318 g/mol. The molecule has 0 saturated carbocycles. The van der Waals surface area contributed by atoms with Gasteiger partial charge in [-0.2, -0.15) is 0 Å². The van der Waals surface area contributed by atoms with Crippen molar-refractivity contribution in [3.05, 3.63) is 40.9 Å². The average molecular weight is 343 g/mol. The molecule has 0 unspecified atom stereocenters. The summed E-state index contributed by atoms with van der Waals surface area (Å²) < 4.78 is 0. The third-order valence-corrected chi connectivity index (χ3v) is 5.68. The van der Waals surface area contributed by atoms with Crippen LogP contribution in [0.25, 0.3) is 10.6 Å². The molecule has 1 aliphatic heterocycles. The number of carbonyl (C=O) groups is 1. The Bertz CT molecular complexity index is 674. The summed E-state index contributed by atoms with van der Waals surface area (Å²) in [4.78, 5) is 19.1. The Hall–Kier alpha value is -1.72. The summed E-state index contributed by atoms with van der Waals surface area (Å²) in [7, 11) is 1.93. The topological polar surface area (TPSA) is 45.2 Å². The minimum absolute atomic E-state index is 0.167. The number of nitrogens with one attached hydrogen (secondary N) is 1. The number of benzene rings is 1. The number of carbonyl (C=O) groups excluding carboxylic acids is 1. The summed E-state index contributed by atoms with van der Waals surface area (Å²) in [5.74, 6) is 0.167. The number of nitrogens with zero attached hydrogens (tertiary/aromatic N) is 2. The van der Waals surface area contributed by atoms with Gasteiger partial charge in [0.25, 0.3) is 0 Å². The maximum Gasteiger partial charge on any atom is 0.228 e. The van der Waals surface area contributed by atoms with Gasteiger partial charge in [0.2, 0.25) is 5.91 Å². The van der Waals surface area contributed by atoms with Gasteiger partial charge in [-0.25, -0.2) is 4.98 Å². The van der Waals surface area contributed by atoms with Crippen LogP contribution < -0.4 is 5.32 Å². The standard InChI is InChI=1S/C19H25N3OS/c1-3-14-4-6-15(7-5-14)19-21-16(13-24-19)12-18(23)22(2)17-8-10-20-11-9-17/h4-7,13,17,20H,3,8-12H2,1-2H3. The van der Waals surface area contributed by atoms with Crippen LogP contribution in [0.5, 0.6) is 0 Å². The molecule has 0 bridgehead atoms. The van der Waals surface area contributed by atoms with Crippen molar-refractivity contribution in [2.75, 3.05) is 20.1 Å². The fourth-order valence-electron chi connectivity index (χ4n) is 3.08. The zero-order valence-corrected chi connectivity index (χ0v) is 15.2. The lowest BCUT2D eigenvalue weighted by atomic mass is 10.0. The Kier molecular flexibility index (Phi) is 5.63. The van der Waals surface area contributed by atoms with Gasteiger partial charge in [-0.1, -0.05) is 31.2 Å². The van der Waals surface area contributed by atoms with Crippen molar-refractivity contribution < 1.29 is 4.79 Å². The fourth-order valence-corrected chi connectivity index (χ4v) is 3.91. The molecule has 1 aromatic carbocycles. The average Bonchev–Trinajstić information content (AvgIpc) is 3.10. The van der Waals surface area contributed by atoms with E-state index in [1.165, 1.54) is 5.56 Å². The van der Waals surface area contributed by atoms with E-state index in [1.807, 2.05) is 17.3 Å². The number of thiazole rings is 1. The lowest BCUT2D eigenvalue weighted by Crippen LogP contribution is -2.44. The molecule has 2 heterocycles. The maximum atomic E-state index is 12.5. The van der Waals surface area contributed by atoms with Crippen LogP contribution >= 0.6 is 11.3 Å². The van der Waals surface area contributed by atoms with E-state index in [-0.39, 0.29) is 5.91 Å². The number of aryl methyl sites for hydroxylation is 1. The molecule has 0 spiro atoms. The summed E-state index contributed by atoms with van der Waals surface area (Å²) in [5.41, 5.74) is 3.33. The number of aromatic nitrogens is 1. The minimum Gasteiger partial charge on any atom is -0.342 e. The number of rotatable bonds is 5. The fraction of sp³-hybridized carbons (Fsp3) is 0.474. The van der Waals surface area contributed by atoms with Crippen LogP contribution in [0.1, 0.15) is 31.0 Å². The Morgan fingerprint density at radius 3 is 2.67 bits per heavy atom. The van der Waals surface area contributed by atoms with E-state index in [2.05, 4.69) is 41.5 Å². The third-order valence-electron chi connectivity index (χ3n) is 4.74. The van der Waals surface area contributed by atoms with Crippen molar-refractivity contribution >= 4 is 17.2 Å². The molecule has 4 nitrogen and oxygen atoms in total. The molecule has 0 atom stereocenters. The summed E-state index contributed by atoms with van der Waals surface area (Å²) in [6, 6.07) is 8.88. The number of amides is 1. The lowest BCUT2D eigenvalue weighted by molar-refractivity contribution is -0.131. The summed E-state index contributed by atoms with van der Waals surface area (Å²) in [6.45, 7) is 4.15. The molecule has 1 fully saturated rings. The zero-order valence-electron chi connectivity index (χ0n) is 14.4. The van der Waals surface area contributed by atoms with Crippen molar-refractivity contribution in [3.63, 3.8) is 0 Å². The van der Waals surface area contributed by atoms with Crippen LogP contribution in [-0.2, 0) is 17.6 Å². The second-order valence-electron chi connectivity index (χ2n) is 6.36. The van der Waals surface area contributed by atoms with Gasteiger partial charge in [-0.15, -0.1) is 11.3 Å². The Balaban J connectivity index is 1.63.